The van der Waals surface area contributed by atoms with E-state index < -0.39 is 103 Å². The second-order valence-electron chi connectivity index (χ2n) is 12.3. The predicted octanol–water partition coefficient (Wildman–Crippen LogP) is 0.704. The van der Waals surface area contributed by atoms with Crippen molar-refractivity contribution in [2.45, 2.75) is 110 Å². The molecule has 9 atom stereocenters. The molecule has 2 amide bonds. The maximum Gasteiger partial charge on any atom is 0.336 e. The lowest BCUT2D eigenvalue weighted by atomic mass is 9.95. The molecule has 2 saturated heterocycles. The first-order chi connectivity index (χ1) is 24.5. The lowest BCUT2D eigenvalue weighted by Crippen LogP contribution is -2.69. The summed E-state index contributed by atoms with van der Waals surface area (Å²) in [4.78, 5) is 85.4. The Bertz CT molecular complexity index is 1720. The maximum absolute atomic E-state index is 12.6. The fourth-order valence-electron chi connectivity index (χ4n) is 5.96. The molecule has 284 valence electrons. The Kier molecular flexibility index (Phi) is 13.3. The van der Waals surface area contributed by atoms with E-state index in [0.29, 0.717) is 10.9 Å². The lowest BCUT2D eigenvalue weighted by molar-refractivity contribution is -0.315. The van der Waals surface area contributed by atoms with Crippen LogP contribution in [0.25, 0.3) is 11.0 Å². The number of benzene rings is 1. The smallest absolute Gasteiger partial charge is 0.336 e. The van der Waals surface area contributed by atoms with Gasteiger partial charge in [0.1, 0.15) is 54.9 Å². The molecule has 2 aliphatic rings. The van der Waals surface area contributed by atoms with Crippen molar-refractivity contribution in [2.24, 2.45) is 0 Å². The van der Waals surface area contributed by atoms with Gasteiger partial charge in [-0.1, -0.05) is 0 Å². The summed E-state index contributed by atoms with van der Waals surface area (Å²) in [7, 11) is 0. The molecule has 0 saturated carbocycles. The minimum atomic E-state index is -1.49. The number of aryl methyl sites for hydroxylation is 1. The first kappa shape index (κ1) is 39.7. The Morgan fingerprint density at radius 1 is 0.750 bits per heavy atom. The first-order valence-electron chi connectivity index (χ1n) is 16.3. The van der Waals surface area contributed by atoms with E-state index in [9.17, 15) is 33.6 Å². The number of hydrogen-bond donors (Lipinski definition) is 2. The highest BCUT2D eigenvalue weighted by Gasteiger charge is 2.54. The molecule has 0 radical (unpaired) electrons. The number of carbonyl (C=O) groups excluding carboxylic acids is 6. The Hall–Kier alpha value is -5.07. The Morgan fingerprint density at radius 3 is 2.00 bits per heavy atom. The summed E-state index contributed by atoms with van der Waals surface area (Å²) in [5, 5.41) is 5.96. The molecule has 2 aliphatic heterocycles. The van der Waals surface area contributed by atoms with Gasteiger partial charge in [-0.25, -0.2) is 4.79 Å². The molecule has 0 aliphatic carbocycles. The van der Waals surface area contributed by atoms with Crippen molar-refractivity contribution in [1.82, 2.24) is 10.6 Å². The molecule has 3 heterocycles. The van der Waals surface area contributed by atoms with Gasteiger partial charge in [-0.05, 0) is 24.6 Å². The van der Waals surface area contributed by atoms with Crippen LogP contribution < -0.4 is 21.0 Å². The molecule has 0 bridgehead atoms. The molecule has 52 heavy (non-hydrogen) atoms. The van der Waals surface area contributed by atoms with Gasteiger partial charge >= 0.3 is 29.5 Å². The number of rotatable bonds is 12. The average Bonchev–Trinajstić information content (AvgIpc) is 3.02. The third-order valence-corrected chi connectivity index (χ3v) is 7.91. The molecule has 2 fully saturated rings. The first-order valence-corrected chi connectivity index (χ1v) is 16.3. The van der Waals surface area contributed by atoms with Gasteiger partial charge in [-0.3, -0.25) is 28.8 Å². The molecular weight excluding hydrogens is 692 g/mol. The van der Waals surface area contributed by atoms with Gasteiger partial charge in [-0.15, -0.1) is 0 Å². The van der Waals surface area contributed by atoms with E-state index in [1.165, 1.54) is 39.8 Å². The highest BCUT2D eigenvalue weighted by molar-refractivity contribution is 5.81. The summed E-state index contributed by atoms with van der Waals surface area (Å²) in [6, 6.07) is 3.53. The van der Waals surface area contributed by atoms with Gasteiger partial charge in [-0.2, -0.15) is 0 Å². The number of nitrogens with one attached hydrogen (secondary N) is 2. The number of hydrogen-bond acceptors (Lipinski definition) is 16. The van der Waals surface area contributed by atoms with Gasteiger partial charge < -0.3 is 52.9 Å². The highest BCUT2D eigenvalue weighted by atomic mass is 16.7. The minimum absolute atomic E-state index is 0.0150. The third kappa shape index (κ3) is 10.7. The fourth-order valence-corrected chi connectivity index (χ4v) is 5.96. The van der Waals surface area contributed by atoms with Crippen molar-refractivity contribution in [3.63, 3.8) is 0 Å². The van der Waals surface area contributed by atoms with Crippen molar-refractivity contribution in [3.05, 3.63) is 40.2 Å². The van der Waals surface area contributed by atoms with Crippen LogP contribution in [0.15, 0.2) is 33.5 Å². The van der Waals surface area contributed by atoms with Crippen LogP contribution in [-0.2, 0) is 61.9 Å². The molecule has 18 nitrogen and oxygen atoms in total. The van der Waals surface area contributed by atoms with Gasteiger partial charge in [0.15, 0.2) is 12.4 Å². The summed E-state index contributed by atoms with van der Waals surface area (Å²) in [5.74, 6) is -3.81. The zero-order valence-corrected chi connectivity index (χ0v) is 29.7. The van der Waals surface area contributed by atoms with Crippen LogP contribution in [-0.4, -0.2) is 104 Å². The monoisotopic (exact) mass is 734 g/mol. The topological polar surface area (TPSA) is 231 Å². The summed E-state index contributed by atoms with van der Waals surface area (Å²) < 4.78 is 52.0. The zero-order chi connectivity index (χ0) is 38.3. The van der Waals surface area contributed by atoms with Gasteiger partial charge in [0.25, 0.3) is 0 Å². The van der Waals surface area contributed by atoms with Crippen LogP contribution in [0.2, 0.25) is 0 Å². The number of esters is 4. The van der Waals surface area contributed by atoms with Crippen LogP contribution in [0.1, 0.15) is 53.5 Å². The molecule has 0 unspecified atom stereocenters. The molecule has 4 rings (SSSR count). The minimum Gasteiger partial charge on any atom is -0.463 e. The average molecular weight is 735 g/mol. The largest absolute Gasteiger partial charge is 0.463 e. The van der Waals surface area contributed by atoms with Crippen molar-refractivity contribution < 1.29 is 71.1 Å². The highest BCUT2D eigenvalue weighted by Crippen LogP contribution is 2.34. The lowest BCUT2D eigenvalue weighted by Gasteiger charge is -2.48. The van der Waals surface area contributed by atoms with Crippen molar-refractivity contribution in [2.75, 3.05) is 13.2 Å². The Labute approximate surface area is 297 Å². The SMILES string of the molecule is CC(=O)N[C@H]1[C@H](Oc2ccc3c(C)cc(=O)oc3c2)O[C@H](COC(C)=O)[C@@H](O[C@@H]2O[C@H](COC(C)=O)C[C@H](OC(C)=O)[C@H]2NC(C)=O)[C@@H]1OC(C)=O. The molecule has 2 N–H and O–H groups in total. The standard InChI is InChI=1S/C34H42N2O16/c1-15-10-28(43)50-25-11-22(8-9-24(15)25)48-34-30(36-17(3)38)32(47-21(7)42)31(27(51-34)14-45-19(5)40)52-33-29(35-16(2)37)26(46-20(6)41)12-23(49-33)13-44-18(4)39/h8-11,23,26-27,29-34H,12-14H2,1-7H3,(H,35,37)(H,36,38)/t23-,26-,27+,29+,30+,31+,32+,33-,34+/m0/s1. The second-order valence-corrected chi connectivity index (χ2v) is 12.3. The summed E-state index contributed by atoms with van der Waals surface area (Å²) in [6.07, 6.45) is -9.07. The van der Waals surface area contributed by atoms with Gasteiger partial charge in [0.05, 0.1) is 6.10 Å². The molecule has 18 heteroatoms. The molecular formula is C34H42N2O16. The van der Waals surface area contributed by atoms with E-state index in [1.54, 1.807) is 19.1 Å². The maximum atomic E-state index is 12.6. The number of amides is 2. The number of ether oxygens (including phenoxy) is 8. The van der Waals surface area contributed by atoms with E-state index in [2.05, 4.69) is 10.6 Å². The second kappa shape index (κ2) is 17.4. The van der Waals surface area contributed by atoms with Gasteiger partial charge in [0.2, 0.25) is 18.1 Å². The van der Waals surface area contributed by atoms with Crippen LogP contribution in [0.3, 0.4) is 0 Å². The predicted molar refractivity (Wildman–Crippen MR) is 174 cm³/mol. The van der Waals surface area contributed by atoms with Crippen LogP contribution in [0.5, 0.6) is 5.75 Å². The zero-order valence-electron chi connectivity index (χ0n) is 29.7. The molecule has 1 aromatic carbocycles. The van der Waals surface area contributed by atoms with Crippen molar-refractivity contribution in [1.29, 1.82) is 0 Å². The fraction of sp³-hybridized carbons (Fsp3) is 0.559. The summed E-state index contributed by atoms with van der Waals surface area (Å²) in [6.45, 7) is 8.02. The van der Waals surface area contributed by atoms with Crippen LogP contribution in [0, 0.1) is 6.92 Å². The quantitative estimate of drug-likeness (QED) is 0.174. The normalized spacial score (nSPS) is 27.1. The summed E-state index contributed by atoms with van der Waals surface area (Å²) in [5.41, 5.74) is 0.275. The van der Waals surface area contributed by atoms with E-state index >= 15 is 0 Å². The number of fused-ring (bicyclic) bond motifs is 1. The number of carbonyl (C=O) groups is 6. The van der Waals surface area contributed by atoms with E-state index in [1.807, 2.05) is 0 Å². The van der Waals surface area contributed by atoms with E-state index in [4.69, 9.17) is 42.3 Å². The third-order valence-electron chi connectivity index (χ3n) is 7.91. The van der Waals surface area contributed by atoms with Crippen LogP contribution in [0.4, 0.5) is 0 Å². The molecule has 1 aromatic heterocycles. The molecule has 2 aromatic rings. The molecule has 0 spiro atoms. The Morgan fingerprint density at radius 2 is 1.38 bits per heavy atom. The Balaban J connectivity index is 1.78. The van der Waals surface area contributed by atoms with Gasteiger partial charge in [0, 0.05) is 65.5 Å². The van der Waals surface area contributed by atoms with Crippen LogP contribution >= 0.6 is 0 Å². The van der Waals surface area contributed by atoms with Crippen molar-refractivity contribution in [3.8, 4) is 5.75 Å². The van der Waals surface area contributed by atoms with Crippen molar-refractivity contribution >= 4 is 46.7 Å². The summed E-state index contributed by atoms with van der Waals surface area (Å²) >= 11 is 0. The van der Waals surface area contributed by atoms with E-state index in [0.717, 1.165) is 13.8 Å². The van der Waals surface area contributed by atoms with E-state index in [-0.39, 0.29) is 24.4 Å².